The Morgan fingerprint density at radius 3 is 2.31 bits per heavy atom. The molecule has 0 saturated heterocycles. The smallest absolute Gasteiger partial charge is 0.267 e. The first kappa shape index (κ1) is 9.70. The van der Waals surface area contributed by atoms with Crippen LogP contribution in [0, 0.1) is 6.92 Å². The van der Waals surface area contributed by atoms with Crippen LogP contribution in [0.1, 0.15) is 25.6 Å². The molecule has 13 heavy (non-hydrogen) atoms. The third kappa shape index (κ3) is 1.54. The molecule has 0 spiro atoms. The highest BCUT2D eigenvalue weighted by atomic mass is 16.2. The first-order chi connectivity index (χ1) is 5.95. The summed E-state index contributed by atoms with van der Waals surface area (Å²) in [7, 11) is 1.46. The Balaban J connectivity index is 3.60. The summed E-state index contributed by atoms with van der Waals surface area (Å²) in [5, 5.41) is 3.90. The van der Waals surface area contributed by atoms with Crippen molar-refractivity contribution < 1.29 is 0 Å². The average molecular weight is 183 g/mol. The zero-order chi connectivity index (χ0) is 10.2. The van der Waals surface area contributed by atoms with Crippen LogP contribution in [-0.4, -0.2) is 14.3 Å². The maximum Gasteiger partial charge on any atom is 0.347 e. The van der Waals surface area contributed by atoms with Crippen LogP contribution in [0.3, 0.4) is 0 Å². The van der Waals surface area contributed by atoms with E-state index in [4.69, 9.17) is 0 Å². The number of aryl methyl sites for hydroxylation is 1. The number of hydrogen-bond donors (Lipinski definition) is 0. The topological polar surface area (TPSA) is 56.9 Å². The predicted octanol–water partition coefficient (Wildman–Crippen LogP) is -0.169. The van der Waals surface area contributed by atoms with Crippen LogP contribution < -0.4 is 11.2 Å². The van der Waals surface area contributed by atoms with E-state index in [0.717, 1.165) is 4.57 Å². The third-order valence-electron chi connectivity index (χ3n) is 1.84. The second-order valence-corrected chi connectivity index (χ2v) is 3.27. The van der Waals surface area contributed by atoms with Gasteiger partial charge in [-0.1, -0.05) is 0 Å². The monoisotopic (exact) mass is 183 g/mol. The lowest BCUT2D eigenvalue weighted by molar-refractivity contribution is 0.455. The van der Waals surface area contributed by atoms with Gasteiger partial charge >= 0.3 is 5.69 Å². The van der Waals surface area contributed by atoms with E-state index < -0.39 is 0 Å². The van der Waals surface area contributed by atoms with Gasteiger partial charge in [0, 0.05) is 7.05 Å². The second kappa shape index (κ2) is 3.16. The van der Waals surface area contributed by atoms with Crippen molar-refractivity contribution in [2.45, 2.75) is 26.8 Å². The molecule has 1 rings (SSSR count). The molecule has 5 heteroatoms. The summed E-state index contributed by atoms with van der Waals surface area (Å²) in [6.45, 7) is 5.29. The SMILES string of the molecule is Cc1nn(C(C)C)c(=O)n(C)c1=O. The lowest BCUT2D eigenvalue weighted by Crippen LogP contribution is -2.41. The van der Waals surface area contributed by atoms with Gasteiger partial charge in [0.05, 0.1) is 6.04 Å². The Bertz CT molecular complexity index is 428. The largest absolute Gasteiger partial charge is 0.347 e. The van der Waals surface area contributed by atoms with Crippen LogP contribution in [-0.2, 0) is 7.05 Å². The minimum absolute atomic E-state index is 0.0296. The lowest BCUT2D eigenvalue weighted by atomic mass is 10.4. The highest BCUT2D eigenvalue weighted by Crippen LogP contribution is 1.94. The summed E-state index contributed by atoms with van der Waals surface area (Å²) in [4.78, 5) is 22.7. The fraction of sp³-hybridized carbons (Fsp3) is 0.625. The first-order valence-electron chi connectivity index (χ1n) is 4.11. The lowest BCUT2D eigenvalue weighted by Gasteiger charge is -2.09. The number of rotatable bonds is 1. The summed E-state index contributed by atoms with van der Waals surface area (Å²) in [6.07, 6.45) is 0. The van der Waals surface area contributed by atoms with Gasteiger partial charge in [-0.3, -0.25) is 9.36 Å². The molecule has 0 aliphatic rings. The van der Waals surface area contributed by atoms with Gasteiger partial charge in [0.25, 0.3) is 5.56 Å². The molecule has 0 fully saturated rings. The quantitative estimate of drug-likeness (QED) is 0.607. The molecule has 0 saturated carbocycles. The van der Waals surface area contributed by atoms with Crippen LogP contribution in [0.2, 0.25) is 0 Å². The van der Waals surface area contributed by atoms with Gasteiger partial charge in [-0.05, 0) is 20.8 Å². The Morgan fingerprint density at radius 2 is 1.85 bits per heavy atom. The number of nitrogens with zero attached hydrogens (tertiary/aromatic N) is 3. The molecular formula is C8H13N3O2. The second-order valence-electron chi connectivity index (χ2n) is 3.27. The van der Waals surface area contributed by atoms with E-state index in [1.165, 1.54) is 11.7 Å². The zero-order valence-electron chi connectivity index (χ0n) is 8.24. The molecule has 0 amide bonds. The molecule has 0 N–H and O–H groups in total. The summed E-state index contributed by atoms with van der Waals surface area (Å²) in [5.41, 5.74) is -0.358. The highest BCUT2D eigenvalue weighted by Gasteiger charge is 2.08. The molecule has 0 atom stereocenters. The van der Waals surface area contributed by atoms with Gasteiger partial charge < -0.3 is 0 Å². The van der Waals surface area contributed by atoms with Crippen molar-refractivity contribution in [1.82, 2.24) is 14.3 Å². The number of aromatic nitrogens is 3. The maximum atomic E-state index is 11.4. The van der Waals surface area contributed by atoms with E-state index in [-0.39, 0.29) is 17.3 Å². The molecule has 0 aliphatic carbocycles. The molecule has 0 bridgehead atoms. The summed E-state index contributed by atoms with van der Waals surface area (Å²) in [5.74, 6) is 0. The van der Waals surface area contributed by atoms with Crippen LogP contribution in [0.25, 0.3) is 0 Å². The molecule has 1 heterocycles. The molecule has 1 aromatic rings. The van der Waals surface area contributed by atoms with Crippen molar-refractivity contribution in [3.05, 3.63) is 26.5 Å². The molecular weight excluding hydrogens is 170 g/mol. The van der Waals surface area contributed by atoms with Crippen molar-refractivity contribution >= 4 is 0 Å². The molecule has 0 aliphatic heterocycles. The van der Waals surface area contributed by atoms with Gasteiger partial charge in [-0.25, -0.2) is 9.48 Å². The summed E-state index contributed by atoms with van der Waals surface area (Å²) < 4.78 is 2.37. The van der Waals surface area contributed by atoms with E-state index in [0.29, 0.717) is 5.69 Å². The Morgan fingerprint density at radius 1 is 1.31 bits per heavy atom. The van der Waals surface area contributed by atoms with Gasteiger partial charge in [0.1, 0.15) is 5.69 Å². The first-order valence-corrected chi connectivity index (χ1v) is 4.11. The van der Waals surface area contributed by atoms with Crippen molar-refractivity contribution in [3.8, 4) is 0 Å². The van der Waals surface area contributed by atoms with E-state index >= 15 is 0 Å². The molecule has 0 radical (unpaired) electrons. The van der Waals surface area contributed by atoms with Crippen molar-refractivity contribution in [2.75, 3.05) is 0 Å². The van der Waals surface area contributed by atoms with Crippen molar-refractivity contribution in [3.63, 3.8) is 0 Å². The Labute approximate surface area is 75.6 Å². The third-order valence-corrected chi connectivity index (χ3v) is 1.84. The molecule has 0 unspecified atom stereocenters. The molecule has 72 valence electrons. The summed E-state index contributed by atoms with van der Waals surface area (Å²) >= 11 is 0. The van der Waals surface area contributed by atoms with Gasteiger partial charge in [0.15, 0.2) is 0 Å². The number of hydrogen-bond acceptors (Lipinski definition) is 3. The van der Waals surface area contributed by atoms with Gasteiger partial charge in [-0.2, -0.15) is 5.10 Å². The molecule has 5 nitrogen and oxygen atoms in total. The maximum absolute atomic E-state index is 11.4. The zero-order valence-corrected chi connectivity index (χ0v) is 8.24. The highest BCUT2D eigenvalue weighted by molar-refractivity contribution is 4.90. The minimum Gasteiger partial charge on any atom is -0.267 e. The van der Waals surface area contributed by atoms with Crippen LogP contribution >= 0.6 is 0 Å². The normalized spacial score (nSPS) is 10.8. The van der Waals surface area contributed by atoms with E-state index in [2.05, 4.69) is 5.10 Å². The van der Waals surface area contributed by atoms with Crippen LogP contribution in [0.15, 0.2) is 9.59 Å². The average Bonchev–Trinajstić information content (AvgIpc) is 2.07. The molecule has 1 aromatic heterocycles. The van der Waals surface area contributed by atoms with Crippen LogP contribution in [0.5, 0.6) is 0 Å². The van der Waals surface area contributed by atoms with Gasteiger partial charge in [-0.15, -0.1) is 0 Å². The fourth-order valence-electron chi connectivity index (χ4n) is 1.07. The minimum atomic E-state index is -0.370. The van der Waals surface area contributed by atoms with E-state index in [1.807, 2.05) is 13.8 Å². The van der Waals surface area contributed by atoms with E-state index in [1.54, 1.807) is 6.92 Å². The molecule has 0 aromatic carbocycles. The fourth-order valence-corrected chi connectivity index (χ4v) is 1.07. The van der Waals surface area contributed by atoms with Crippen LogP contribution in [0.4, 0.5) is 0 Å². The van der Waals surface area contributed by atoms with Gasteiger partial charge in [0.2, 0.25) is 0 Å². The Hall–Kier alpha value is -1.39. The van der Waals surface area contributed by atoms with Crippen molar-refractivity contribution in [2.24, 2.45) is 7.05 Å². The standard InChI is InChI=1S/C8H13N3O2/c1-5(2)11-8(13)10(4)7(12)6(3)9-11/h5H,1-4H3. The van der Waals surface area contributed by atoms with Crippen molar-refractivity contribution in [1.29, 1.82) is 0 Å². The summed E-state index contributed by atoms with van der Waals surface area (Å²) in [6, 6.07) is -0.0296. The Kier molecular flexibility index (Phi) is 2.36. The predicted molar refractivity (Wildman–Crippen MR) is 48.9 cm³/mol. The van der Waals surface area contributed by atoms with E-state index in [9.17, 15) is 9.59 Å².